The number of carboxylic acid groups (broad SMARTS) is 1. The van der Waals surface area contributed by atoms with Crippen molar-refractivity contribution in [1.82, 2.24) is 0 Å². The summed E-state index contributed by atoms with van der Waals surface area (Å²) in [4.78, 5) is 24.0. The van der Waals surface area contributed by atoms with E-state index in [0.717, 1.165) is 30.4 Å². The normalized spacial score (nSPS) is 12.1. The summed E-state index contributed by atoms with van der Waals surface area (Å²) in [6.07, 6.45) is 3.03. The molecule has 4 nitrogen and oxygen atoms in total. The Kier molecular flexibility index (Phi) is 6.81. The number of esters is 1. The molecule has 1 rings (SSSR count). The highest BCUT2D eigenvalue weighted by molar-refractivity contribution is 5.93. The van der Waals surface area contributed by atoms with Gasteiger partial charge in [-0.25, -0.2) is 4.79 Å². The van der Waals surface area contributed by atoms with E-state index in [4.69, 9.17) is 4.74 Å². The molecule has 0 atom stereocenters. The van der Waals surface area contributed by atoms with E-state index in [1.807, 2.05) is 47.6 Å². The van der Waals surface area contributed by atoms with Crippen LogP contribution in [0.2, 0.25) is 0 Å². The molecule has 1 aromatic rings. The van der Waals surface area contributed by atoms with Crippen LogP contribution in [0.1, 0.15) is 95.6 Å². The van der Waals surface area contributed by atoms with E-state index in [-0.39, 0.29) is 28.1 Å². The van der Waals surface area contributed by atoms with E-state index in [0.29, 0.717) is 6.42 Å². The summed E-state index contributed by atoms with van der Waals surface area (Å²) in [5, 5.41) is 9.68. The SMILES string of the molecule is CCCCCC(=O)Oc1c(C(=O)O)cc(C(C)(C)C)cc1C(C)(C)C. The fraction of sp³-hybridized carbons (Fsp3) is 0.619. The lowest BCUT2D eigenvalue weighted by atomic mass is 9.79. The first-order chi connectivity index (χ1) is 11.4. The van der Waals surface area contributed by atoms with Crippen LogP contribution < -0.4 is 4.74 Å². The molecule has 0 radical (unpaired) electrons. The highest BCUT2D eigenvalue weighted by atomic mass is 16.5. The highest BCUT2D eigenvalue weighted by Gasteiger charge is 2.29. The molecule has 4 heteroatoms. The standard InChI is InChI=1S/C21H32O4/c1-8-9-10-11-17(22)25-18-15(19(23)24)12-14(20(2,3)4)13-16(18)21(5,6)7/h12-13H,8-11H2,1-7H3,(H,23,24). The predicted molar refractivity (Wildman–Crippen MR) is 101 cm³/mol. The number of unbranched alkanes of at least 4 members (excludes halogenated alkanes) is 2. The molecule has 140 valence electrons. The van der Waals surface area contributed by atoms with Crippen LogP contribution in [-0.2, 0) is 15.6 Å². The molecule has 0 amide bonds. The van der Waals surface area contributed by atoms with Crippen molar-refractivity contribution in [3.05, 3.63) is 28.8 Å². The first-order valence-electron chi connectivity index (χ1n) is 9.01. The minimum Gasteiger partial charge on any atom is -0.478 e. The Morgan fingerprint density at radius 3 is 2.04 bits per heavy atom. The third-order valence-corrected chi connectivity index (χ3v) is 4.19. The van der Waals surface area contributed by atoms with Gasteiger partial charge in [-0.3, -0.25) is 4.79 Å². The average molecular weight is 348 g/mol. The van der Waals surface area contributed by atoms with Crippen LogP contribution in [0, 0.1) is 0 Å². The van der Waals surface area contributed by atoms with E-state index < -0.39 is 5.97 Å². The van der Waals surface area contributed by atoms with E-state index >= 15 is 0 Å². The molecular weight excluding hydrogens is 316 g/mol. The van der Waals surface area contributed by atoms with Gasteiger partial charge in [0.1, 0.15) is 11.3 Å². The van der Waals surface area contributed by atoms with E-state index in [1.165, 1.54) is 0 Å². The van der Waals surface area contributed by atoms with Crippen LogP contribution in [-0.4, -0.2) is 17.0 Å². The molecule has 0 unspecified atom stereocenters. The predicted octanol–water partition coefficient (Wildman–Crippen LogP) is 5.47. The molecule has 0 aliphatic carbocycles. The average Bonchev–Trinajstić information content (AvgIpc) is 2.44. The summed E-state index contributed by atoms with van der Waals surface area (Å²) >= 11 is 0. The zero-order valence-corrected chi connectivity index (χ0v) is 16.7. The second-order valence-corrected chi connectivity index (χ2v) is 8.64. The third kappa shape index (κ3) is 5.87. The van der Waals surface area contributed by atoms with Gasteiger partial charge in [0.05, 0.1) is 0 Å². The van der Waals surface area contributed by atoms with Crippen molar-refractivity contribution in [1.29, 1.82) is 0 Å². The minimum absolute atomic E-state index is 0.0567. The number of carboxylic acids is 1. The van der Waals surface area contributed by atoms with Crippen molar-refractivity contribution in [2.75, 3.05) is 0 Å². The van der Waals surface area contributed by atoms with E-state index in [2.05, 4.69) is 6.92 Å². The van der Waals surface area contributed by atoms with Crippen molar-refractivity contribution < 1.29 is 19.4 Å². The lowest BCUT2D eigenvalue weighted by Crippen LogP contribution is -2.22. The number of hydrogen-bond acceptors (Lipinski definition) is 3. The number of carbonyl (C=O) groups excluding carboxylic acids is 1. The molecule has 0 saturated heterocycles. The van der Waals surface area contributed by atoms with Crippen molar-refractivity contribution >= 4 is 11.9 Å². The quantitative estimate of drug-likeness (QED) is 0.421. The number of ether oxygens (including phenoxy) is 1. The van der Waals surface area contributed by atoms with Crippen molar-refractivity contribution in [2.24, 2.45) is 0 Å². The summed E-state index contributed by atoms with van der Waals surface area (Å²) < 4.78 is 5.56. The molecular formula is C21H32O4. The largest absolute Gasteiger partial charge is 0.478 e. The van der Waals surface area contributed by atoms with Crippen LogP contribution in [0.25, 0.3) is 0 Å². The van der Waals surface area contributed by atoms with Crippen LogP contribution in [0.15, 0.2) is 12.1 Å². The Bertz CT molecular complexity index is 631. The zero-order chi connectivity index (χ0) is 19.4. The molecule has 0 aliphatic rings. The van der Waals surface area contributed by atoms with Crippen LogP contribution in [0.3, 0.4) is 0 Å². The fourth-order valence-corrected chi connectivity index (χ4v) is 2.57. The van der Waals surface area contributed by atoms with Crippen molar-refractivity contribution in [3.63, 3.8) is 0 Å². The summed E-state index contributed by atoms with van der Waals surface area (Å²) in [5.41, 5.74) is 1.18. The van der Waals surface area contributed by atoms with Crippen LogP contribution in [0.5, 0.6) is 5.75 Å². The molecule has 1 aromatic carbocycles. The maximum absolute atomic E-state index is 12.2. The second-order valence-electron chi connectivity index (χ2n) is 8.64. The molecule has 0 spiro atoms. The van der Waals surface area contributed by atoms with Gasteiger partial charge in [0.15, 0.2) is 0 Å². The van der Waals surface area contributed by atoms with Gasteiger partial charge in [-0.2, -0.15) is 0 Å². The van der Waals surface area contributed by atoms with Gasteiger partial charge in [-0.1, -0.05) is 67.4 Å². The second kappa shape index (κ2) is 8.03. The van der Waals surface area contributed by atoms with E-state index in [1.54, 1.807) is 6.07 Å². The summed E-state index contributed by atoms with van der Waals surface area (Å²) in [6.45, 7) is 14.2. The maximum Gasteiger partial charge on any atom is 0.339 e. The molecule has 0 fully saturated rings. The lowest BCUT2D eigenvalue weighted by Gasteiger charge is -2.28. The molecule has 0 aliphatic heterocycles. The number of rotatable bonds is 6. The van der Waals surface area contributed by atoms with E-state index in [9.17, 15) is 14.7 Å². The Morgan fingerprint density at radius 2 is 1.60 bits per heavy atom. The fourth-order valence-electron chi connectivity index (χ4n) is 2.57. The molecule has 0 aromatic heterocycles. The third-order valence-electron chi connectivity index (χ3n) is 4.19. The van der Waals surface area contributed by atoms with Crippen LogP contribution in [0.4, 0.5) is 0 Å². The first-order valence-corrected chi connectivity index (χ1v) is 9.01. The Morgan fingerprint density at radius 1 is 1.00 bits per heavy atom. The molecule has 0 saturated carbocycles. The summed E-state index contributed by atoms with van der Waals surface area (Å²) in [6, 6.07) is 3.60. The number of aromatic carboxylic acids is 1. The minimum atomic E-state index is -1.08. The monoisotopic (exact) mass is 348 g/mol. The van der Waals surface area contributed by atoms with Crippen molar-refractivity contribution in [3.8, 4) is 5.75 Å². The summed E-state index contributed by atoms with van der Waals surface area (Å²) in [7, 11) is 0. The Hall–Kier alpha value is -1.84. The topological polar surface area (TPSA) is 63.6 Å². The number of hydrogen-bond donors (Lipinski definition) is 1. The van der Waals surface area contributed by atoms with Gasteiger partial charge in [-0.15, -0.1) is 0 Å². The number of carbonyl (C=O) groups is 2. The van der Waals surface area contributed by atoms with Gasteiger partial charge >= 0.3 is 11.9 Å². The summed E-state index contributed by atoms with van der Waals surface area (Å²) in [5.74, 6) is -1.26. The molecule has 0 heterocycles. The van der Waals surface area contributed by atoms with Gasteiger partial charge in [-0.05, 0) is 28.9 Å². The van der Waals surface area contributed by atoms with Gasteiger partial charge in [0.2, 0.25) is 0 Å². The Labute approximate surface area is 151 Å². The zero-order valence-electron chi connectivity index (χ0n) is 16.7. The lowest BCUT2D eigenvalue weighted by molar-refractivity contribution is -0.134. The van der Waals surface area contributed by atoms with Gasteiger partial charge in [0, 0.05) is 12.0 Å². The molecule has 25 heavy (non-hydrogen) atoms. The highest BCUT2D eigenvalue weighted by Crippen LogP contribution is 2.38. The maximum atomic E-state index is 12.2. The van der Waals surface area contributed by atoms with Gasteiger partial charge in [0.25, 0.3) is 0 Å². The molecule has 1 N–H and O–H groups in total. The number of benzene rings is 1. The Balaban J connectivity index is 3.42. The van der Waals surface area contributed by atoms with Crippen molar-refractivity contribution in [2.45, 2.75) is 85.0 Å². The molecule has 0 bridgehead atoms. The first kappa shape index (κ1) is 21.2. The smallest absolute Gasteiger partial charge is 0.339 e. The van der Waals surface area contributed by atoms with Crippen LogP contribution >= 0.6 is 0 Å². The van der Waals surface area contributed by atoms with Gasteiger partial charge < -0.3 is 9.84 Å².